The lowest BCUT2D eigenvalue weighted by Gasteiger charge is -2.17. The fourth-order valence-electron chi connectivity index (χ4n) is 0.974. The van der Waals surface area contributed by atoms with Crippen molar-refractivity contribution in [3.05, 3.63) is 11.8 Å². The minimum Gasteiger partial charge on any atom is -0.487 e. The van der Waals surface area contributed by atoms with Gasteiger partial charge in [-0.1, -0.05) is 0 Å². The zero-order valence-corrected chi connectivity index (χ0v) is 7.32. The van der Waals surface area contributed by atoms with Gasteiger partial charge >= 0.3 is 0 Å². The first-order valence-electron chi connectivity index (χ1n) is 3.96. The molecular formula is C8H10N2O4. The molecule has 1 unspecified atom stereocenters. The van der Waals surface area contributed by atoms with Crippen molar-refractivity contribution in [1.29, 1.82) is 5.41 Å². The highest BCUT2D eigenvalue weighted by molar-refractivity contribution is 6.51. The Hall–Kier alpha value is -1.53. The molecule has 1 rings (SSSR count). The topological polar surface area (TPSA) is 113 Å². The van der Waals surface area contributed by atoms with E-state index in [0.717, 1.165) is 6.08 Å². The number of allylic oxidation sites excluding steroid dienone is 1. The van der Waals surface area contributed by atoms with Crippen LogP contribution in [-0.4, -0.2) is 41.6 Å². The van der Waals surface area contributed by atoms with Crippen molar-refractivity contribution in [2.24, 2.45) is 5.73 Å². The third kappa shape index (κ3) is 1.86. The van der Waals surface area contributed by atoms with E-state index in [4.69, 9.17) is 21.0 Å². The number of ether oxygens (including phenoxy) is 1. The van der Waals surface area contributed by atoms with Gasteiger partial charge in [-0.2, -0.15) is 0 Å². The minimum absolute atomic E-state index is 0.0785. The number of aliphatic hydroxyl groups excluding tert-OH is 1. The van der Waals surface area contributed by atoms with Crippen molar-refractivity contribution in [2.45, 2.75) is 6.04 Å². The molecule has 1 aliphatic carbocycles. The van der Waals surface area contributed by atoms with Crippen LogP contribution in [0.15, 0.2) is 11.8 Å². The number of carbonyl (C=O) groups is 2. The van der Waals surface area contributed by atoms with E-state index < -0.39 is 23.3 Å². The molecule has 6 nitrogen and oxygen atoms in total. The summed E-state index contributed by atoms with van der Waals surface area (Å²) in [5, 5.41) is 15.6. The van der Waals surface area contributed by atoms with Crippen LogP contribution in [0.25, 0.3) is 0 Å². The Balaban J connectivity index is 2.85. The largest absolute Gasteiger partial charge is 0.487 e. The fourth-order valence-corrected chi connectivity index (χ4v) is 0.974. The zero-order chi connectivity index (χ0) is 10.7. The van der Waals surface area contributed by atoms with Gasteiger partial charge in [-0.3, -0.25) is 15.0 Å². The standard InChI is InChI=1S/C8H10N2O4/c9-6-4(12)3-5(14-2-1-11)8(13)7(6)10/h3,7,9,11H,1-2,10H2. The van der Waals surface area contributed by atoms with E-state index in [1.54, 1.807) is 0 Å². The molecule has 0 radical (unpaired) electrons. The second kappa shape index (κ2) is 4.12. The minimum atomic E-state index is -1.25. The number of hydrogen-bond acceptors (Lipinski definition) is 6. The van der Waals surface area contributed by atoms with Crippen molar-refractivity contribution in [3.8, 4) is 0 Å². The molecule has 6 heteroatoms. The van der Waals surface area contributed by atoms with Crippen molar-refractivity contribution >= 4 is 17.3 Å². The Morgan fingerprint density at radius 2 is 2.21 bits per heavy atom. The Bertz CT molecular complexity index is 321. The summed E-state index contributed by atoms with van der Waals surface area (Å²) in [6, 6.07) is -1.25. The molecule has 0 aromatic carbocycles. The smallest absolute Gasteiger partial charge is 0.220 e. The highest BCUT2D eigenvalue weighted by Crippen LogP contribution is 2.09. The van der Waals surface area contributed by atoms with Crippen LogP contribution in [0.2, 0.25) is 0 Å². The van der Waals surface area contributed by atoms with Crippen molar-refractivity contribution in [2.75, 3.05) is 13.2 Å². The van der Waals surface area contributed by atoms with Crippen LogP contribution in [0.4, 0.5) is 0 Å². The van der Waals surface area contributed by atoms with Crippen LogP contribution in [-0.2, 0) is 14.3 Å². The molecule has 0 spiro atoms. The number of carbonyl (C=O) groups excluding carboxylic acids is 2. The number of nitrogens with one attached hydrogen (secondary N) is 1. The van der Waals surface area contributed by atoms with Crippen LogP contribution >= 0.6 is 0 Å². The predicted molar refractivity (Wildman–Crippen MR) is 46.8 cm³/mol. The van der Waals surface area contributed by atoms with Gasteiger partial charge in [-0.15, -0.1) is 0 Å². The third-order valence-electron chi connectivity index (χ3n) is 1.71. The van der Waals surface area contributed by atoms with Crippen LogP contribution in [0.1, 0.15) is 0 Å². The van der Waals surface area contributed by atoms with Gasteiger partial charge in [0.1, 0.15) is 18.4 Å². The molecule has 0 saturated carbocycles. The first-order chi connectivity index (χ1) is 6.57. The predicted octanol–water partition coefficient (Wildman–Crippen LogP) is -1.62. The highest BCUT2D eigenvalue weighted by atomic mass is 16.5. The summed E-state index contributed by atoms with van der Waals surface area (Å²) in [7, 11) is 0. The average molecular weight is 198 g/mol. The molecule has 1 aliphatic rings. The summed E-state index contributed by atoms with van der Waals surface area (Å²) < 4.78 is 4.80. The molecule has 0 aromatic heterocycles. The summed E-state index contributed by atoms with van der Waals surface area (Å²) in [5.41, 5.74) is 4.86. The molecule has 0 bridgehead atoms. The van der Waals surface area contributed by atoms with E-state index in [9.17, 15) is 9.59 Å². The Kier molecular flexibility index (Phi) is 3.10. The van der Waals surface area contributed by atoms with Gasteiger partial charge in [0.05, 0.1) is 6.61 Å². The molecule has 0 fully saturated rings. The van der Waals surface area contributed by atoms with Gasteiger partial charge < -0.3 is 15.6 Å². The third-order valence-corrected chi connectivity index (χ3v) is 1.71. The van der Waals surface area contributed by atoms with Crippen molar-refractivity contribution in [3.63, 3.8) is 0 Å². The van der Waals surface area contributed by atoms with E-state index in [0.29, 0.717) is 0 Å². The van der Waals surface area contributed by atoms with Crippen LogP contribution in [0.3, 0.4) is 0 Å². The summed E-state index contributed by atoms with van der Waals surface area (Å²) in [6.07, 6.45) is 0.920. The van der Waals surface area contributed by atoms with Crippen LogP contribution in [0, 0.1) is 5.41 Å². The number of hydrogen-bond donors (Lipinski definition) is 3. The summed E-state index contributed by atoms with van der Waals surface area (Å²) in [6.45, 7) is -0.337. The maximum absolute atomic E-state index is 11.3. The van der Waals surface area contributed by atoms with Gasteiger partial charge in [0.15, 0.2) is 5.76 Å². The lowest BCUT2D eigenvalue weighted by molar-refractivity contribution is -0.121. The number of aliphatic hydroxyl groups is 1. The molecule has 0 aromatic rings. The van der Waals surface area contributed by atoms with Crippen molar-refractivity contribution in [1.82, 2.24) is 0 Å². The first kappa shape index (κ1) is 10.6. The number of Topliss-reactive ketones (excluding diaryl/α,β-unsaturated/α-hetero) is 1. The molecular weight excluding hydrogens is 188 g/mol. The van der Waals surface area contributed by atoms with Gasteiger partial charge in [0.25, 0.3) is 0 Å². The number of nitrogens with two attached hydrogens (primary N) is 1. The normalized spacial score (nSPS) is 22.3. The Labute approximate surface area is 79.9 Å². The Morgan fingerprint density at radius 3 is 2.79 bits per heavy atom. The van der Waals surface area contributed by atoms with Crippen LogP contribution in [0.5, 0.6) is 0 Å². The number of ketones is 2. The molecule has 0 aliphatic heterocycles. The van der Waals surface area contributed by atoms with E-state index in [1.165, 1.54) is 0 Å². The summed E-state index contributed by atoms with van der Waals surface area (Å²) >= 11 is 0. The van der Waals surface area contributed by atoms with Gasteiger partial charge in [0, 0.05) is 6.08 Å². The van der Waals surface area contributed by atoms with E-state index in [2.05, 4.69) is 0 Å². The second-order valence-electron chi connectivity index (χ2n) is 2.70. The maximum atomic E-state index is 11.3. The quantitative estimate of drug-likeness (QED) is 0.504. The molecule has 14 heavy (non-hydrogen) atoms. The van der Waals surface area contributed by atoms with Gasteiger partial charge in [-0.25, -0.2) is 0 Å². The lowest BCUT2D eigenvalue weighted by atomic mass is 9.96. The zero-order valence-electron chi connectivity index (χ0n) is 7.32. The number of rotatable bonds is 3. The Morgan fingerprint density at radius 1 is 1.57 bits per heavy atom. The molecule has 0 saturated heterocycles. The lowest BCUT2D eigenvalue weighted by Crippen LogP contribution is -2.46. The monoisotopic (exact) mass is 198 g/mol. The summed E-state index contributed by atoms with van der Waals surface area (Å²) in [5.74, 6) is -1.43. The molecule has 4 N–H and O–H groups in total. The van der Waals surface area contributed by atoms with Crippen molar-refractivity contribution < 1.29 is 19.4 Å². The average Bonchev–Trinajstić information content (AvgIpc) is 2.18. The summed E-state index contributed by atoms with van der Waals surface area (Å²) in [4.78, 5) is 22.3. The first-order valence-corrected chi connectivity index (χ1v) is 3.96. The maximum Gasteiger partial charge on any atom is 0.220 e. The molecule has 0 amide bonds. The SMILES string of the molecule is N=C1C(=O)C=C(OCCO)C(=O)C1N. The molecule has 1 atom stereocenters. The molecule has 76 valence electrons. The van der Waals surface area contributed by atoms with E-state index in [1.807, 2.05) is 0 Å². The van der Waals surface area contributed by atoms with Gasteiger partial charge in [0.2, 0.25) is 11.6 Å². The van der Waals surface area contributed by atoms with Gasteiger partial charge in [-0.05, 0) is 0 Å². The second-order valence-corrected chi connectivity index (χ2v) is 2.70. The fraction of sp³-hybridized carbons (Fsp3) is 0.375. The van der Waals surface area contributed by atoms with E-state index in [-0.39, 0.29) is 19.0 Å². The molecule has 0 heterocycles. The van der Waals surface area contributed by atoms with Crippen LogP contribution < -0.4 is 5.73 Å². The van der Waals surface area contributed by atoms with E-state index >= 15 is 0 Å². The highest BCUT2D eigenvalue weighted by Gasteiger charge is 2.32.